The zero-order valence-electron chi connectivity index (χ0n) is 12.0. The van der Waals surface area contributed by atoms with E-state index < -0.39 is 17.6 Å². The molecule has 0 heterocycles. The van der Waals surface area contributed by atoms with Crippen molar-refractivity contribution in [3.05, 3.63) is 29.3 Å². The van der Waals surface area contributed by atoms with Gasteiger partial charge in [0.2, 0.25) is 0 Å². The Balaban J connectivity index is 2.97. The fourth-order valence-corrected chi connectivity index (χ4v) is 2.29. The molecule has 1 aromatic carbocycles. The molecule has 0 atom stereocenters. The van der Waals surface area contributed by atoms with E-state index in [0.717, 1.165) is 18.2 Å². The number of para-hydroxylation sites is 1. The fourth-order valence-electron chi connectivity index (χ4n) is 1.86. The molecule has 0 aliphatic carbocycles. The van der Waals surface area contributed by atoms with Crippen LogP contribution in [0.4, 0.5) is 18.9 Å². The summed E-state index contributed by atoms with van der Waals surface area (Å²) in [5, 5.41) is 5.30. The second-order valence-corrected chi connectivity index (χ2v) is 5.34. The highest BCUT2D eigenvalue weighted by atomic mass is 32.2. The topological polar surface area (TPSA) is 41.1 Å². The maximum absolute atomic E-state index is 13.0. The first kappa shape index (κ1) is 17.7. The molecule has 1 aromatic rings. The van der Waals surface area contributed by atoms with Gasteiger partial charge in [-0.1, -0.05) is 6.07 Å². The third-order valence-electron chi connectivity index (χ3n) is 2.78. The Morgan fingerprint density at radius 3 is 2.62 bits per heavy atom. The van der Waals surface area contributed by atoms with Gasteiger partial charge < -0.3 is 10.6 Å². The van der Waals surface area contributed by atoms with E-state index in [2.05, 4.69) is 10.6 Å². The van der Waals surface area contributed by atoms with Crippen LogP contribution in [0.5, 0.6) is 0 Å². The van der Waals surface area contributed by atoms with E-state index >= 15 is 0 Å². The van der Waals surface area contributed by atoms with Gasteiger partial charge in [-0.25, -0.2) is 0 Å². The predicted octanol–water partition coefficient (Wildman–Crippen LogP) is 3.62. The SMILES string of the molecule is CCNc1c(C(=O)NCCCSC)cccc1C(F)(F)F. The summed E-state index contributed by atoms with van der Waals surface area (Å²) in [7, 11) is 0. The molecule has 21 heavy (non-hydrogen) atoms. The van der Waals surface area contributed by atoms with Crippen molar-refractivity contribution in [3.63, 3.8) is 0 Å². The number of rotatable bonds is 7. The average Bonchev–Trinajstić information content (AvgIpc) is 2.42. The van der Waals surface area contributed by atoms with Gasteiger partial charge in [0.25, 0.3) is 5.91 Å². The summed E-state index contributed by atoms with van der Waals surface area (Å²) in [6.07, 6.45) is -1.76. The Morgan fingerprint density at radius 2 is 2.05 bits per heavy atom. The lowest BCUT2D eigenvalue weighted by Crippen LogP contribution is -2.26. The molecule has 118 valence electrons. The maximum Gasteiger partial charge on any atom is 0.418 e. The summed E-state index contributed by atoms with van der Waals surface area (Å²) in [6.45, 7) is 2.44. The van der Waals surface area contributed by atoms with Crippen LogP contribution in [0.2, 0.25) is 0 Å². The van der Waals surface area contributed by atoms with Gasteiger partial charge >= 0.3 is 6.18 Å². The monoisotopic (exact) mass is 320 g/mol. The van der Waals surface area contributed by atoms with Gasteiger partial charge in [-0.05, 0) is 37.5 Å². The van der Waals surface area contributed by atoms with Gasteiger partial charge in [-0.15, -0.1) is 0 Å². The Hall–Kier alpha value is -1.37. The number of halogens is 3. The van der Waals surface area contributed by atoms with Crippen LogP contribution in [0, 0.1) is 0 Å². The van der Waals surface area contributed by atoms with E-state index in [9.17, 15) is 18.0 Å². The Bertz CT molecular complexity index is 478. The second-order valence-electron chi connectivity index (χ2n) is 4.36. The highest BCUT2D eigenvalue weighted by molar-refractivity contribution is 7.98. The van der Waals surface area contributed by atoms with Gasteiger partial charge in [0.15, 0.2) is 0 Å². The van der Waals surface area contributed by atoms with Crippen molar-refractivity contribution in [3.8, 4) is 0 Å². The van der Waals surface area contributed by atoms with Crippen molar-refractivity contribution in [2.45, 2.75) is 19.5 Å². The lowest BCUT2D eigenvalue weighted by Gasteiger charge is -2.17. The minimum absolute atomic E-state index is 0.0239. The number of anilines is 1. The predicted molar refractivity (Wildman–Crippen MR) is 80.9 cm³/mol. The smallest absolute Gasteiger partial charge is 0.384 e. The normalized spacial score (nSPS) is 11.3. The number of alkyl halides is 3. The van der Waals surface area contributed by atoms with Crippen LogP contribution in [-0.4, -0.2) is 31.0 Å². The molecule has 1 rings (SSSR count). The van der Waals surface area contributed by atoms with Crippen molar-refractivity contribution in [2.24, 2.45) is 0 Å². The van der Waals surface area contributed by atoms with E-state index in [4.69, 9.17) is 0 Å². The number of nitrogens with one attached hydrogen (secondary N) is 2. The molecule has 0 fully saturated rings. The number of thioether (sulfide) groups is 1. The van der Waals surface area contributed by atoms with E-state index in [1.54, 1.807) is 18.7 Å². The second kappa shape index (κ2) is 8.17. The molecule has 0 aliphatic heterocycles. The van der Waals surface area contributed by atoms with Crippen LogP contribution in [-0.2, 0) is 6.18 Å². The number of hydrogen-bond acceptors (Lipinski definition) is 3. The average molecular weight is 320 g/mol. The summed E-state index contributed by atoms with van der Waals surface area (Å²) < 4.78 is 39.0. The largest absolute Gasteiger partial charge is 0.418 e. The molecule has 0 bridgehead atoms. The van der Waals surface area contributed by atoms with Crippen LogP contribution >= 0.6 is 11.8 Å². The summed E-state index contributed by atoms with van der Waals surface area (Å²) in [5.74, 6) is 0.404. The zero-order chi connectivity index (χ0) is 15.9. The number of hydrogen-bond donors (Lipinski definition) is 2. The van der Waals surface area contributed by atoms with Crippen molar-refractivity contribution >= 4 is 23.4 Å². The fraction of sp³-hybridized carbons (Fsp3) is 0.500. The molecule has 0 aromatic heterocycles. The molecule has 7 heteroatoms. The van der Waals surface area contributed by atoms with Crippen molar-refractivity contribution < 1.29 is 18.0 Å². The number of carbonyl (C=O) groups is 1. The van der Waals surface area contributed by atoms with Gasteiger partial charge in [0.05, 0.1) is 16.8 Å². The third-order valence-corrected chi connectivity index (χ3v) is 3.48. The van der Waals surface area contributed by atoms with Crippen molar-refractivity contribution in [2.75, 3.05) is 30.4 Å². The molecular formula is C14H19F3N2OS. The highest BCUT2D eigenvalue weighted by Gasteiger charge is 2.35. The molecular weight excluding hydrogens is 301 g/mol. The molecule has 0 saturated heterocycles. The Labute approximate surface area is 126 Å². The molecule has 3 nitrogen and oxygen atoms in total. The molecule has 0 spiro atoms. The first-order valence-electron chi connectivity index (χ1n) is 6.63. The molecule has 0 aliphatic rings. The van der Waals surface area contributed by atoms with Gasteiger partial charge in [-0.2, -0.15) is 24.9 Å². The third kappa shape index (κ3) is 5.15. The summed E-state index contributed by atoms with van der Waals surface area (Å²) in [4.78, 5) is 12.1. The molecule has 0 radical (unpaired) electrons. The minimum atomic E-state index is -4.49. The molecule has 2 N–H and O–H groups in total. The van der Waals surface area contributed by atoms with E-state index in [-0.39, 0.29) is 11.3 Å². The Morgan fingerprint density at radius 1 is 1.33 bits per heavy atom. The van der Waals surface area contributed by atoms with E-state index in [1.807, 2.05) is 6.26 Å². The van der Waals surface area contributed by atoms with Gasteiger partial charge in [-0.3, -0.25) is 4.79 Å². The van der Waals surface area contributed by atoms with Crippen LogP contribution in [0.1, 0.15) is 29.3 Å². The lowest BCUT2D eigenvalue weighted by molar-refractivity contribution is -0.137. The standard InChI is InChI=1S/C14H19F3N2OS/c1-3-18-12-10(13(20)19-8-5-9-21-2)6-4-7-11(12)14(15,16)17/h4,6-7,18H,3,5,8-9H2,1-2H3,(H,19,20). The summed E-state index contributed by atoms with van der Waals surface area (Å²) in [6, 6.07) is 3.63. The quantitative estimate of drug-likeness (QED) is 0.754. The van der Waals surface area contributed by atoms with Crippen LogP contribution in [0.25, 0.3) is 0 Å². The minimum Gasteiger partial charge on any atom is -0.384 e. The highest BCUT2D eigenvalue weighted by Crippen LogP contribution is 2.36. The zero-order valence-corrected chi connectivity index (χ0v) is 12.8. The first-order valence-corrected chi connectivity index (χ1v) is 8.02. The summed E-state index contributed by atoms with van der Waals surface area (Å²) in [5.41, 5.74) is -0.952. The van der Waals surface area contributed by atoms with Crippen molar-refractivity contribution in [1.29, 1.82) is 0 Å². The molecule has 0 saturated carbocycles. The first-order chi connectivity index (χ1) is 9.91. The van der Waals surface area contributed by atoms with Gasteiger partial charge in [0, 0.05) is 13.1 Å². The Kier molecular flexibility index (Phi) is 6.87. The van der Waals surface area contributed by atoms with Crippen molar-refractivity contribution in [1.82, 2.24) is 5.32 Å². The van der Waals surface area contributed by atoms with Gasteiger partial charge in [0.1, 0.15) is 0 Å². The van der Waals surface area contributed by atoms with E-state index in [1.165, 1.54) is 12.1 Å². The van der Waals surface area contributed by atoms with Crippen LogP contribution in [0.15, 0.2) is 18.2 Å². The summed E-state index contributed by atoms with van der Waals surface area (Å²) >= 11 is 1.65. The number of benzene rings is 1. The lowest BCUT2D eigenvalue weighted by atomic mass is 10.1. The molecule has 0 unspecified atom stereocenters. The van der Waals surface area contributed by atoms with Crippen LogP contribution < -0.4 is 10.6 Å². The van der Waals surface area contributed by atoms with E-state index in [0.29, 0.717) is 13.1 Å². The number of amides is 1. The van der Waals surface area contributed by atoms with Crippen LogP contribution in [0.3, 0.4) is 0 Å². The molecule has 1 amide bonds. The maximum atomic E-state index is 13.0. The number of carbonyl (C=O) groups excluding carboxylic acids is 1.